The lowest BCUT2D eigenvalue weighted by molar-refractivity contribution is -0.135. The maximum absolute atomic E-state index is 12.7. The molecule has 2 heterocycles. The Kier molecular flexibility index (Phi) is 10.4. The van der Waals surface area contributed by atoms with E-state index in [0.29, 0.717) is 5.91 Å². The molecule has 2 fully saturated rings. The lowest BCUT2D eigenvalue weighted by Crippen LogP contribution is -2.57. The van der Waals surface area contributed by atoms with Crippen molar-refractivity contribution in [3.8, 4) is 0 Å². The first-order valence-corrected chi connectivity index (χ1v) is 11.2. The summed E-state index contributed by atoms with van der Waals surface area (Å²) in [5.41, 5.74) is 2.63. The summed E-state index contributed by atoms with van der Waals surface area (Å²) in [6.07, 6.45) is 3.26. The number of hydrogen-bond donors (Lipinski definition) is 1. The maximum Gasteiger partial charge on any atom is 0.239 e. The summed E-state index contributed by atoms with van der Waals surface area (Å²) in [7, 11) is 0. The molecule has 30 heavy (non-hydrogen) atoms. The standard InChI is InChI=1S/C23H37N5O.HI/c1-4-24-23(25-11-10-21-9-7-8-19(2)18-21)28-16-14-26(15-17-28)20(3)22(29)27-12-5-6-13-27;/h7-9,18,20H,4-6,10-17H2,1-3H3,(H,24,25);1H. The van der Waals surface area contributed by atoms with Gasteiger partial charge in [0.05, 0.1) is 6.04 Å². The summed E-state index contributed by atoms with van der Waals surface area (Å²) in [5, 5.41) is 3.44. The van der Waals surface area contributed by atoms with E-state index in [1.165, 1.54) is 11.1 Å². The fourth-order valence-electron chi connectivity index (χ4n) is 4.26. The summed E-state index contributed by atoms with van der Waals surface area (Å²) in [5.74, 6) is 1.30. The van der Waals surface area contributed by atoms with Gasteiger partial charge in [0.2, 0.25) is 5.91 Å². The molecule has 1 unspecified atom stereocenters. The van der Waals surface area contributed by atoms with Crippen LogP contribution in [0.25, 0.3) is 0 Å². The van der Waals surface area contributed by atoms with E-state index < -0.39 is 0 Å². The van der Waals surface area contributed by atoms with E-state index in [2.05, 4.69) is 60.2 Å². The first-order valence-electron chi connectivity index (χ1n) is 11.2. The van der Waals surface area contributed by atoms with Gasteiger partial charge < -0.3 is 15.1 Å². The fraction of sp³-hybridized carbons (Fsp3) is 0.652. The van der Waals surface area contributed by atoms with Crippen LogP contribution >= 0.6 is 24.0 Å². The van der Waals surface area contributed by atoms with Gasteiger partial charge in [0.1, 0.15) is 0 Å². The Balaban J connectivity index is 0.00000320. The highest BCUT2D eigenvalue weighted by atomic mass is 127. The summed E-state index contributed by atoms with van der Waals surface area (Å²) in [4.78, 5) is 24.3. The van der Waals surface area contributed by atoms with E-state index in [1.807, 2.05) is 4.90 Å². The molecule has 7 heteroatoms. The third kappa shape index (κ3) is 6.83. The van der Waals surface area contributed by atoms with Gasteiger partial charge in [0, 0.05) is 52.4 Å². The van der Waals surface area contributed by atoms with Crippen LogP contribution in [-0.4, -0.2) is 85.0 Å². The second-order valence-electron chi connectivity index (χ2n) is 8.21. The van der Waals surface area contributed by atoms with Gasteiger partial charge in [0.25, 0.3) is 0 Å². The molecule has 3 rings (SSSR count). The molecule has 1 aromatic carbocycles. The number of halogens is 1. The van der Waals surface area contributed by atoms with Gasteiger partial charge in [-0.1, -0.05) is 29.8 Å². The van der Waals surface area contributed by atoms with Gasteiger partial charge in [-0.2, -0.15) is 0 Å². The van der Waals surface area contributed by atoms with Gasteiger partial charge >= 0.3 is 0 Å². The summed E-state index contributed by atoms with van der Waals surface area (Å²) < 4.78 is 0. The predicted octanol–water partition coefficient (Wildman–Crippen LogP) is 2.75. The van der Waals surface area contributed by atoms with Crippen molar-refractivity contribution in [2.75, 3.05) is 52.4 Å². The van der Waals surface area contributed by atoms with Crippen LogP contribution in [0.4, 0.5) is 0 Å². The Labute approximate surface area is 199 Å². The lowest BCUT2D eigenvalue weighted by atomic mass is 10.1. The van der Waals surface area contributed by atoms with Crippen molar-refractivity contribution < 1.29 is 4.79 Å². The molecule has 1 atom stereocenters. The number of amides is 1. The van der Waals surface area contributed by atoms with Crippen LogP contribution in [0.2, 0.25) is 0 Å². The van der Waals surface area contributed by atoms with Crippen LogP contribution in [0.3, 0.4) is 0 Å². The van der Waals surface area contributed by atoms with Crippen molar-refractivity contribution in [1.82, 2.24) is 20.0 Å². The number of carbonyl (C=O) groups is 1. The molecular weight excluding hydrogens is 489 g/mol. The SMILES string of the molecule is CCNC(=NCCc1cccc(C)c1)N1CCN(C(C)C(=O)N2CCCC2)CC1.I. The Bertz CT molecular complexity index is 697. The van der Waals surface area contributed by atoms with E-state index in [1.54, 1.807) is 0 Å². The second kappa shape index (κ2) is 12.5. The number of nitrogens with one attached hydrogen (secondary N) is 1. The van der Waals surface area contributed by atoms with Gasteiger partial charge in [-0.3, -0.25) is 14.7 Å². The highest BCUT2D eigenvalue weighted by molar-refractivity contribution is 14.0. The average Bonchev–Trinajstić information content (AvgIpc) is 3.27. The monoisotopic (exact) mass is 527 g/mol. The molecule has 2 aliphatic heterocycles. The van der Waals surface area contributed by atoms with Gasteiger partial charge in [-0.15, -0.1) is 24.0 Å². The Hall–Kier alpha value is -1.35. The molecule has 1 amide bonds. The van der Waals surface area contributed by atoms with E-state index in [0.717, 1.165) is 77.6 Å². The number of aryl methyl sites for hydroxylation is 1. The minimum Gasteiger partial charge on any atom is -0.357 e. The number of piperazine rings is 1. The van der Waals surface area contributed by atoms with Crippen molar-refractivity contribution >= 4 is 35.8 Å². The third-order valence-electron chi connectivity index (χ3n) is 6.02. The van der Waals surface area contributed by atoms with Gasteiger partial charge in [-0.05, 0) is 45.6 Å². The number of carbonyl (C=O) groups excluding carboxylic acids is 1. The summed E-state index contributed by atoms with van der Waals surface area (Å²) in [6, 6.07) is 8.64. The molecule has 1 aromatic rings. The van der Waals surface area contributed by atoms with Gasteiger partial charge in [0.15, 0.2) is 5.96 Å². The van der Waals surface area contributed by atoms with E-state index in [4.69, 9.17) is 4.99 Å². The van der Waals surface area contributed by atoms with Crippen LogP contribution in [0.15, 0.2) is 29.3 Å². The van der Waals surface area contributed by atoms with Crippen LogP contribution in [0.1, 0.15) is 37.8 Å². The number of guanidine groups is 1. The molecule has 2 aliphatic rings. The molecule has 0 spiro atoms. The van der Waals surface area contributed by atoms with E-state index in [-0.39, 0.29) is 30.0 Å². The van der Waals surface area contributed by atoms with Crippen molar-refractivity contribution in [2.45, 2.75) is 46.1 Å². The zero-order valence-corrected chi connectivity index (χ0v) is 21.1. The topological polar surface area (TPSA) is 51.2 Å². The fourth-order valence-corrected chi connectivity index (χ4v) is 4.26. The third-order valence-corrected chi connectivity index (χ3v) is 6.02. The van der Waals surface area contributed by atoms with Gasteiger partial charge in [-0.25, -0.2) is 0 Å². The van der Waals surface area contributed by atoms with E-state index >= 15 is 0 Å². The molecule has 0 bridgehead atoms. The number of aliphatic imine (C=N–C) groups is 1. The molecule has 0 aliphatic carbocycles. The predicted molar refractivity (Wildman–Crippen MR) is 135 cm³/mol. The zero-order valence-electron chi connectivity index (χ0n) is 18.8. The van der Waals surface area contributed by atoms with Crippen molar-refractivity contribution in [2.24, 2.45) is 4.99 Å². The molecular formula is C23H38IN5O. The Morgan fingerprint density at radius 3 is 2.43 bits per heavy atom. The molecule has 168 valence electrons. The smallest absolute Gasteiger partial charge is 0.239 e. The number of benzene rings is 1. The first-order chi connectivity index (χ1) is 14.1. The van der Waals surface area contributed by atoms with Crippen LogP contribution in [0.5, 0.6) is 0 Å². The van der Waals surface area contributed by atoms with Crippen molar-refractivity contribution in [3.63, 3.8) is 0 Å². The largest absolute Gasteiger partial charge is 0.357 e. The second-order valence-corrected chi connectivity index (χ2v) is 8.21. The number of nitrogens with zero attached hydrogens (tertiary/aromatic N) is 4. The van der Waals surface area contributed by atoms with Crippen LogP contribution < -0.4 is 5.32 Å². The summed E-state index contributed by atoms with van der Waals surface area (Å²) >= 11 is 0. The van der Waals surface area contributed by atoms with Crippen LogP contribution in [-0.2, 0) is 11.2 Å². The van der Waals surface area contributed by atoms with E-state index in [9.17, 15) is 4.79 Å². The number of hydrogen-bond acceptors (Lipinski definition) is 3. The summed E-state index contributed by atoms with van der Waals surface area (Å²) in [6.45, 7) is 13.5. The van der Waals surface area contributed by atoms with Crippen LogP contribution in [0, 0.1) is 6.92 Å². The normalized spacial score (nSPS) is 18.8. The molecule has 0 aromatic heterocycles. The lowest BCUT2D eigenvalue weighted by Gasteiger charge is -2.39. The number of rotatable bonds is 6. The van der Waals surface area contributed by atoms with Crippen molar-refractivity contribution in [3.05, 3.63) is 35.4 Å². The molecule has 2 saturated heterocycles. The van der Waals surface area contributed by atoms with Crippen molar-refractivity contribution in [1.29, 1.82) is 0 Å². The molecule has 0 radical (unpaired) electrons. The minimum atomic E-state index is -0.0175. The zero-order chi connectivity index (χ0) is 20.6. The highest BCUT2D eigenvalue weighted by Gasteiger charge is 2.30. The maximum atomic E-state index is 12.7. The average molecular weight is 527 g/mol. The first kappa shape index (κ1) is 24.9. The highest BCUT2D eigenvalue weighted by Crippen LogP contribution is 2.14. The molecule has 6 nitrogen and oxygen atoms in total. The Morgan fingerprint density at radius 1 is 1.10 bits per heavy atom. The minimum absolute atomic E-state index is 0. The Morgan fingerprint density at radius 2 is 1.80 bits per heavy atom. The quantitative estimate of drug-likeness (QED) is 0.351. The molecule has 0 saturated carbocycles. The molecule has 1 N–H and O–H groups in total. The number of likely N-dealkylation sites (tertiary alicyclic amines) is 1.